The second-order valence-corrected chi connectivity index (χ2v) is 11.8. The fourth-order valence-electron chi connectivity index (χ4n) is 2.78. The number of ether oxygens (including phenoxy) is 2. The van der Waals surface area contributed by atoms with Crippen molar-refractivity contribution in [2.24, 2.45) is 0 Å². The van der Waals surface area contributed by atoms with Crippen molar-refractivity contribution in [1.82, 2.24) is 0 Å². The van der Waals surface area contributed by atoms with Crippen LogP contribution in [0.1, 0.15) is 18.4 Å². The highest BCUT2D eigenvalue weighted by molar-refractivity contribution is 6.80. The van der Waals surface area contributed by atoms with E-state index in [0.717, 1.165) is 5.56 Å². The molecule has 1 aliphatic heterocycles. The van der Waals surface area contributed by atoms with Crippen LogP contribution in [-0.4, -0.2) is 26.6 Å². The summed E-state index contributed by atoms with van der Waals surface area (Å²) in [6.07, 6.45) is 1.75. The van der Waals surface area contributed by atoms with Gasteiger partial charge in [-0.1, -0.05) is 50.0 Å². The van der Waals surface area contributed by atoms with Gasteiger partial charge in [-0.25, -0.2) is 4.79 Å². The van der Waals surface area contributed by atoms with E-state index in [-0.39, 0.29) is 29.8 Å². The number of benzene rings is 1. The molecule has 0 radical (unpaired) electrons. The first kappa shape index (κ1) is 16.5. The Bertz CT molecular complexity index is 586. The van der Waals surface area contributed by atoms with Crippen LogP contribution in [0, 0.1) is 0 Å². The van der Waals surface area contributed by atoms with Crippen LogP contribution in [0.25, 0.3) is 0 Å². The van der Waals surface area contributed by atoms with Gasteiger partial charge in [0.1, 0.15) is 0 Å². The Morgan fingerprint density at radius 1 is 1.23 bits per heavy atom. The lowest BCUT2D eigenvalue weighted by atomic mass is 9.93. The standard InChI is InChI=1S/C17H22O4Si/c1-5-20-16(18)14-11-13(12-9-7-6-8-10-12)15(17(19)21-14)22(2,3)4/h6-11,13,15H,5H2,1-4H3/t13-,15+/m0/s1. The maximum atomic E-state index is 12.5. The second-order valence-electron chi connectivity index (χ2n) is 6.45. The number of carbonyl (C=O) groups is 2. The average Bonchev–Trinajstić information content (AvgIpc) is 2.46. The summed E-state index contributed by atoms with van der Waals surface area (Å²) in [5, 5.41) is 0. The van der Waals surface area contributed by atoms with Crippen molar-refractivity contribution in [3.63, 3.8) is 0 Å². The summed E-state index contributed by atoms with van der Waals surface area (Å²) in [5.74, 6) is -1.03. The quantitative estimate of drug-likeness (QED) is 0.630. The summed E-state index contributed by atoms with van der Waals surface area (Å²) >= 11 is 0. The highest BCUT2D eigenvalue weighted by atomic mass is 28.3. The van der Waals surface area contributed by atoms with E-state index in [4.69, 9.17) is 9.47 Å². The number of allylic oxidation sites excluding steroid dienone is 1. The summed E-state index contributed by atoms with van der Waals surface area (Å²) in [7, 11) is -1.82. The summed E-state index contributed by atoms with van der Waals surface area (Å²) in [4.78, 5) is 24.4. The monoisotopic (exact) mass is 318 g/mol. The van der Waals surface area contributed by atoms with E-state index < -0.39 is 14.0 Å². The first-order valence-electron chi connectivity index (χ1n) is 7.50. The number of rotatable bonds is 4. The van der Waals surface area contributed by atoms with Gasteiger partial charge < -0.3 is 9.47 Å². The van der Waals surface area contributed by atoms with Gasteiger partial charge in [-0.05, 0) is 18.6 Å². The first-order valence-corrected chi connectivity index (χ1v) is 11.1. The maximum absolute atomic E-state index is 12.5. The molecule has 4 nitrogen and oxygen atoms in total. The lowest BCUT2D eigenvalue weighted by Gasteiger charge is -2.35. The molecule has 0 N–H and O–H groups in total. The molecule has 0 bridgehead atoms. The molecular formula is C17H22O4Si. The van der Waals surface area contributed by atoms with Crippen LogP contribution in [-0.2, 0) is 19.1 Å². The van der Waals surface area contributed by atoms with E-state index in [1.807, 2.05) is 30.3 Å². The Hall–Kier alpha value is -1.88. The fourth-order valence-corrected chi connectivity index (χ4v) is 4.91. The lowest BCUT2D eigenvalue weighted by molar-refractivity contribution is -0.152. The van der Waals surface area contributed by atoms with Crippen molar-refractivity contribution >= 4 is 20.0 Å². The third kappa shape index (κ3) is 3.47. The van der Waals surface area contributed by atoms with Gasteiger partial charge in [-0.3, -0.25) is 4.79 Å². The zero-order valence-electron chi connectivity index (χ0n) is 13.5. The molecule has 0 fully saturated rings. The molecule has 1 heterocycles. The Labute approximate surface area is 132 Å². The molecule has 0 amide bonds. The predicted octanol–water partition coefficient (Wildman–Crippen LogP) is 3.48. The number of cyclic esters (lactones) is 1. The van der Waals surface area contributed by atoms with Gasteiger partial charge in [-0.15, -0.1) is 0 Å². The van der Waals surface area contributed by atoms with Crippen molar-refractivity contribution in [3.05, 3.63) is 47.7 Å². The van der Waals surface area contributed by atoms with Crippen molar-refractivity contribution < 1.29 is 19.1 Å². The van der Waals surface area contributed by atoms with Crippen molar-refractivity contribution in [3.8, 4) is 0 Å². The second kappa shape index (κ2) is 6.48. The molecule has 1 aromatic carbocycles. The largest absolute Gasteiger partial charge is 0.460 e. The molecule has 0 spiro atoms. The molecule has 118 valence electrons. The van der Waals surface area contributed by atoms with Crippen LogP contribution in [0.5, 0.6) is 0 Å². The minimum absolute atomic E-state index is 0.00945. The van der Waals surface area contributed by atoms with Crippen LogP contribution in [0.4, 0.5) is 0 Å². The Kier molecular flexibility index (Phi) is 4.86. The van der Waals surface area contributed by atoms with Gasteiger partial charge >= 0.3 is 11.9 Å². The number of hydrogen-bond acceptors (Lipinski definition) is 4. The molecule has 0 unspecified atom stereocenters. The summed E-state index contributed by atoms with van der Waals surface area (Å²) in [6, 6.07) is 9.78. The molecule has 2 atom stereocenters. The van der Waals surface area contributed by atoms with Gasteiger partial charge in [0.15, 0.2) is 0 Å². The zero-order valence-corrected chi connectivity index (χ0v) is 14.5. The topological polar surface area (TPSA) is 52.6 Å². The third-order valence-corrected chi connectivity index (χ3v) is 6.21. The zero-order chi connectivity index (χ0) is 16.3. The van der Waals surface area contributed by atoms with E-state index in [1.165, 1.54) is 0 Å². The Balaban J connectivity index is 2.46. The maximum Gasteiger partial charge on any atom is 0.374 e. The third-order valence-electron chi connectivity index (χ3n) is 3.75. The Morgan fingerprint density at radius 2 is 1.86 bits per heavy atom. The van der Waals surface area contributed by atoms with E-state index in [2.05, 4.69) is 19.6 Å². The highest BCUT2D eigenvalue weighted by Gasteiger charge is 2.44. The molecular weight excluding hydrogens is 296 g/mol. The van der Waals surface area contributed by atoms with Gasteiger partial charge in [0, 0.05) is 5.92 Å². The van der Waals surface area contributed by atoms with Gasteiger partial charge in [-0.2, -0.15) is 0 Å². The van der Waals surface area contributed by atoms with Crippen LogP contribution < -0.4 is 0 Å². The minimum atomic E-state index is -1.82. The van der Waals surface area contributed by atoms with Crippen LogP contribution in [0.15, 0.2) is 42.2 Å². The molecule has 0 saturated carbocycles. The van der Waals surface area contributed by atoms with Gasteiger partial charge in [0.2, 0.25) is 5.76 Å². The average molecular weight is 318 g/mol. The van der Waals surface area contributed by atoms with E-state index >= 15 is 0 Å². The number of carbonyl (C=O) groups excluding carboxylic acids is 2. The molecule has 1 aromatic rings. The smallest absolute Gasteiger partial charge is 0.374 e. The number of hydrogen-bond donors (Lipinski definition) is 0. The molecule has 0 aliphatic carbocycles. The first-order chi connectivity index (χ1) is 10.3. The van der Waals surface area contributed by atoms with Gasteiger partial charge in [0.25, 0.3) is 0 Å². The summed E-state index contributed by atoms with van der Waals surface area (Å²) in [5.41, 5.74) is 0.807. The van der Waals surface area contributed by atoms with Crippen molar-refractivity contribution in [2.75, 3.05) is 6.61 Å². The minimum Gasteiger partial charge on any atom is -0.460 e. The molecule has 0 aromatic heterocycles. The highest BCUT2D eigenvalue weighted by Crippen LogP contribution is 2.43. The fraction of sp³-hybridized carbons (Fsp3) is 0.412. The molecule has 0 saturated heterocycles. The van der Waals surface area contributed by atoms with Crippen molar-refractivity contribution in [2.45, 2.75) is 38.0 Å². The normalized spacial score (nSPS) is 21.8. The lowest BCUT2D eigenvalue weighted by Crippen LogP contribution is -2.41. The SMILES string of the molecule is CCOC(=O)C1=C[C@@H](c2ccccc2)[C@@H]([Si](C)(C)C)C(=O)O1. The number of esters is 2. The molecule has 5 heteroatoms. The summed E-state index contributed by atoms with van der Waals surface area (Å²) < 4.78 is 10.2. The summed E-state index contributed by atoms with van der Waals surface area (Å²) in [6.45, 7) is 8.39. The van der Waals surface area contributed by atoms with Crippen LogP contribution in [0.3, 0.4) is 0 Å². The van der Waals surface area contributed by atoms with Crippen LogP contribution in [0.2, 0.25) is 25.2 Å². The predicted molar refractivity (Wildman–Crippen MR) is 87.1 cm³/mol. The van der Waals surface area contributed by atoms with Crippen molar-refractivity contribution in [1.29, 1.82) is 0 Å². The van der Waals surface area contributed by atoms with Gasteiger partial charge in [0.05, 0.1) is 20.2 Å². The molecule has 2 rings (SSSR count). The Morgan fingerprint density at radius 3 is 2.41 bits per heavy atom. The van der Waals surface area contributed by atoms with Crippen LogP contribution >= 0.6 is 0 Å². The van der Waals surface area contributed by atoms with E-state index in [0.29, 0.717) is 0 Å². The van der Waals surface area contributed by atoms with E-state index in [9.17, 15) is 9.59 Å². The molecule has 22 heavy (non-hydrogen) atoms. The van der Waals surface area contributed by atoms with E-state index in [1.54, 1.807) is 13.0 Å². The molecule has 1 aliphatic rings.